The van der Waals surface area contributed by atoms with Gasteiger partial charge in [0.1, 0.15) is 6.61 Å². The van der Waals surface area contributed by atoms with E-state index in [4.69, 9.17) is 4.74 Å². The number of alkyl halides is 1. The van der Waals surface area contributed by atoms with Gasteiger partial charge in [-0.05, 0) is 11.6 Å². The molecule has 0 heterocycles. The topological polar surface area (TPSA) is 26.3 Å². The van der Waals surface area contributed by atoms with E-state index >= 15 is 0 Å². The maximum absolute atomic E-state index is 11.0. The summed E-state index contributed by atoms with van der Waals surface area (Å²) in [5.74, 6) is -0.312. The van der Waals surface area contributed by atoms with E-state index in [-0.39, 0.29) is 5.97 Å². The molecule has 0 saturated carbocycles. The van der Waals surface area contributed by atoms with Crippen molar-refractivity contribution in [3.05, 3.63) is 42.0 Å². The Labute approximate surface area is 91.7 Å². The molecule has 1 aromatic carbocycles. The van der Waals surface area contributed by atoms with E-state index in [1.165, 1.54) is 6.08 Å². The Balaban J connectivity index is 2.44. The molecule has 1 rings (SSSR count). The van der Waals surface area contributed by atoms with Crippen molar-refractivity contribution < 1.29 is 9.53 Å². The summed E-state index contributed by atoms with van der Waals surface area (Å²) in [6, 6.07) is 9.62. The smallest absolute Gasteiger partial charge is 0.330 e. The first-order valence-corrected chi connectivity index (χ1v) is 5.41. The lowest BCUT2D eigenvalue weighted by atomic mass is 10.2. The zero-order valence-electron chi connectivity index (χ0n) is 7.65. The number of benzene rings is 1. The maximum atomic E-state index is 11.0. The molecular formula is C11H11BrO2. The summed E-state index contributed by atoms with van der Waals surface area (Å²) in [7, 11) is 0. The van der Waals surface area contributed by atoms with E-state index in [9.17, 15) is 4.79 Å². The molecule has 0 aliphatic carbocycles. The van der Waals surface area contributed by atoms with Crippen molar-refractivity contribution in [3.63, 3.8) is 0 Å². The van der Waals surface area contributed by atoms with Crippen LogP contribution < -0.4 is 0 Å². The molecule has 74 valence electrons. The molecule has 0 saturated heterocycles. The van der Waals surface area contributed by atoms with Crippen LogP contribution in [0.25, 0.3) is 6.08 Å². The molecule has 1 aromatic rings. The third kappa shape index (κ3) is 4.23. The Morgan fingerprint density at radius 2 is 2.07 bits per heavy atom. The molecule has 2 nitrogen and oxygen atoms in total. The molecule has 0 aliphatic rings. The van der Waals surface area contributed by atoms with Crippen LogP contribution in [0.15, 0.2) is 36.4 Å². The third-order valence-electron chi connectivity index (χ3n) is 1.53. The molecule has 0 aliphatic heterocycles. The lowest BCUT2D eigenvalue weighted by Crippen LogP contribution is -2.02. The highest BCUT2D eigenvalue weighted by Gasteiger charge is 1.94. The maximum Gasteiger partial charge on any atom is 0.330 e. The SMILES string of the molecule is O=C(/C=C/c1ccccc1)OCCBr. The molecule has 0 fully saturated rings. The monoisotopic (exact) mass is 254 g/mol. The highest BCUT2D eigenvalue weighted by molar-refractivity contribution is 9.09. The van der Waals surface area contributed by atoms with Crippen LogP contribution in [0, 0.1) is 0 Å². The first-order valence-electron chi connectivity index (χ1n) is 4.29. The Morgan fingerprint density at radius 3 is 2.71 bits per heavy atom. The number of carbonyl (C=O) groups excluding carboxylic acids is 1. The second-order valence-corrected chi connectivity index (χ2v) is 3.39. The second kappa shape index (κ2) is 6.38. The van der Waals surface area contributed by atoms with E-state index in [0.717, 1.165) is 5.56 Å². The molecule has 3 heteroatoms. The second-order valence-electron chi connectivity index (χ2n) is 2.60. The van der Waals surface area contributed by atoms with Crippen molar-refractivity contribution >= 4 is 28.0 Å². The zero-order chi connectivity index (χ0) is 10.2. The summed E-state index contributed by atoms with van der Waals surface area (Å²) >= 11 is 3.17. The largest absolute Gasteiger partial charge is 0.462 e. The third-order valence-corrected chi connectivity index (χ3v) is 1.86. The van der Waals surface area contributed by atoms with Gasteiger partial charge in [-0.3, -0.25) is 0 Å². The molecule has 0 atom stereocenters. The van der Waals surface area contributed by atoms with Crippen LogP contribution in [0.4, 0.5) is 0 Å². The van der Waals surface area contributed by atoms with E-state index in [1.54, 1.807) is 6.08 Å². The van der Waals surface area contributed by atoms with E-state index < -0.39 is 0 Å². The van der Waals surface area contributed by atoms with Gasteiger partial charge in [0, 0.05) is 11.4 Å². The van der Waals surface area contributed by atoms with Crippen LogP contribution in [0.5, 0.6) is 0 Å². The number of esters is 1. The Bertz CT molecular complexity index is 306. The predicted octanol–water partition coefficient (Wildman–Crippen LogP) is 2.64. The Morgan fingerprint density at radius 1 is 1.36 bits per heavy atom. The predicted molar refractivity (Wildman–Crippen MR) is 60.2 cm³/mol. The lowest BCUT2D eigenvalue weighted by molar-refractivity contribution is -0.137. The van der Waals surface area contributed by atoms with Crippen molar-refractivity contribution in [1.29, 1.82) is 0 Å². The number of ether oxygens (including phenoxy) is 1. The molecule has 0 radical (unpaired) electrons. The van der Waals surface area contributed by atoms with Crippen LogP contribution >= 0.6 is 15.9 Å². The van der Waals surface area contributed by atoms with Crippen molar-refractivity contribution in [1.82, 2.24) is 0 Å². The van der Waals surface area contributed by atoms with Gasteiger partial charge in [0.05, 0.1) is 0 Å². The zero-order valence-corrected chi connectivity index (χ0v) is 9.24. The van der Waals surface area contributed by atoms with Crippen LogP contribution in [-0.4, -0.2) is 17.9 Å². The average molecular weight is 255 g/mol. The molecule has 0 unspecified atom stereocenters. The van der Waals surface area contributed by atoms with Gasteiger partial charge in [0.25, 0.3) is 0 Å². The first-order chi connectivity index (χ1) is 6.83. The van der Waals surface area contributed by atoms with Crippen molar-refractivity contribution in [2.75, 3.05) is 11.9 Å². The fourth-order valence-corrected chi connectivity index (χ4v) is 1.08. The van der Waals surface area contributed by atoms with Crippen molar-refractivity contribution in [3.8, 4) is 0 Å². The number of halogens is 1. The summed E-state index contributed by atoms with van der Waals surface area (Å²) < 4.78 is 4.84. The minimum atomic E-state index is -0.312. The Hall–Kier alpha value is -1.09. The van der Waals surface area contributed by atoms with Gasteiger partial charge in [-0.25, -0.2) is 4.79 Å². The van der Waals surface area contributed by atoms with Crippen LogP contribution in [0.2, 0.25) is 0 Å². The van der Waals surface area contributed by atoms with Crippen molar-refractivity contribution in [2.45, 2.75) is 0 Å². The molecule has 0 aromatic heterocycles. The van der Waals surface area contributed by atoms with Gasteiger partial charge in [0.2, 0.25) is 0 Å². The van der Waals surface area contributed by atoms with Gasteiger partial charge < -0.3 is 4.74 Å². The molecule has 0 N–H and O–H groups in total. The van der Waals surface area contributed by atoms with E-state index in [1.807, 2.05) is 30.3 Å². The minimum Gasteiger partial charge on any atom is -0.462 e. The van der Waals surface area contributed by atoms with E-state index in [2.05, 4.69) is 15.9 Å². The normalized spacial score (nSPS) is 10.4. The highest BCUT2D eigenvalue weighted by Crippen LogP contribution is 2.00. The number of rotatable bonds is 4. The van der Waals surface area contributed by atoms with Crippen LogP contribution in [0.3, 0.4) is 0 Å². The van der Waals surface area contributed by atoms with Gasteiger partial charge in [-0.1, -0.05) is 46.3 Å². The van der Waals surface area contributed by atoms with Crippen molar-refractivity contribution in [2.24, 2.45) is 0 Å². The molecule has 0 bridgehead atoms. The van der Waals surface area contributed by atoms with Gasteiger partial charge >= 0.3 is 5.97 Å². The molecule has 0 spiro atoms. The Kier molecular flexibility index (Phi) is 5.00. The summed E-state index contributed by atoms with van der Waals surface area (Å²) in [4.78, 5) is 11.0. The highest BCUT2D eigenvalue weighted by atomic mass is 79.9. The fraction of sp³-hybridized carbons (Fsp3) is 0.182. The molecule has 14 heavy (non-hydrogen) atoms. The summed E-state index contributed by atoms with van der Waals surface area (Å²) in [5.41, 5.74) is 0.989. The molecule has 0 amide bonds. The van der Waals surface area contributed by atoms with Gasteiger partial charge in [-0.15, -0.1) is 0 Å². The number of hydrogen-bond acceptors (Lipinski definition) is 2. The summed E-state index contributed by atoms with van der Waals surface area (Å²) in [6.45, 7) is 0.401. The van der Waals surface area contributed by atoms with Crippen LogP contribution in [-0.2, 0) is 9.53 Å². The summed E-state index contributed by atoms with van der Waals surface area (Å²) in [6.07, 6.45) is 3.16. The lowest BCUT2D eigenvalue weighted by Gasteiger charge is -1.96. The first kappa shape index (κ1) is 11.0. The summed E-state index contributed by atoms with van der Waals surface area (Å²) in [5, 5.41) is 0.665. The van der Waals surface area contributed by atoms with E-state index in [0.29, 0.717) is 11.9 Å². The average Bonchev–Trinajstić information content (AvgIpc) is 2.25. The number of hydrogen-bond donors (Lipinski definition) is 0. The quantitative estimate of drug-likeness (QED) is 0.469. The fourth-order valence-electron chi connectivity index (χ4n) is 0.916. The standard InChI is InChI=1S/C11H11BrO2/c12-8-9-14-11(13)7-6-10-4-2-1-3-5-10/h1-7H,8-9H2/b7-6+. The minimum absolute atomic E-state index is 0.312. The van der Waals surface area contributed by atoms with Gasteiger partial charge in [-0.2, -0.15) is 0 Å². The van der Waals surface area contributed by atoms with Gasteiger partial charge in [0.15, 0.2) is 0 Å². The van der Waals surface area contributed by atoms with Crippen LogP contribution in [0.1, 0.15) is 5.56 Å². The molecular weight excluding hydrogens is 244 g/mol. The number of carbonyl (C=O) groups is 1.